The SMILES string of the molecule is CC(C)C1(Oc2cc(C(=O)OCCS(=O)(=O)[O-])ccc2C(F)(F)F)CC2C3CCC(O3)C2C1. The van der Waals surface area contributed by atoms with E-state index in [1.165, 1.54) is 0 Å². The zero-order valence-electron chi connectivity index (χ0n) is 18.3. The third kappa shape index (κ3) is 4.85. The molecule has 33 heavy (non-hydrogen) atoms. The lowest BCUT2D eigenvalue weighted by Gasteiger charge is -2.36. The summed E-state index contributed by atoms with van der Waals surface area (Å²) in [4.78, 5) is 12.3. The van der Waals surface area contributed by atoms with Crippen molar-refractivity contribution in [3.8, 4) is 5.75 Å². The van der Waals surface area contributed by atoms with E-state index in [1.54, 1.807) is 0 Å². The Morgan fingerprint density at radius 2 is 1.82 bits per heavy atom. The fraction of sp³-hybridized carbons (Fsp3) is 0.682. The molecule has 0 radical (unpaired) electrons. The second-order valence-electron chi connectivity index (χ2n) is 9.45. The van der Waals surface area contributed by atoms with E-state index in [2.05, 4.69) is 0 Å². The summed E-state index contributed by atoms with van der Waals surface area (Å²) in [6.45, 7) is 3.14. The largest absolute Gasteiger partial charge is 0.748 e. The Morgan fingerprint density at radius 3 is 2.33 bits per heavy atom. The summed E-state index contributed by atoms with van der Waals surface area (Å²) in [5.41, 5.74) is -2.06. The Kier molecular flexibility index (Phi) is 6.20. The Hall–Kier alpha value is -1.85. The molecule has 0 N–H and O–H groups in total. The summed E-state index contributed by atoms with van der Waals surface area (Å²) >= 11 is 0. The molecule has 1 aromatic carbocycles. The average molecular weight is 492 g/mol. The first-order valence-electron chi connectivity index (χ1n) is 11.0. The second-order valence-corrected chi connectivity index (χ2v) is 11.0. The van der Waals surface area contributed by atoms with Crippen molar-refractivity contribution < 1.29 is 45.1 Å². The van der Waals surface area contributed by atoms with Crippen molar-refractivity contribution in [3.63, 3.8) is 0 Å². The minimum atomic E-state index is -4.71. The van der Waals surface area contributed by atoms with Gasteiger partial charge in [0.1, 0.15) is 18.0 Å². The van der Waals surface area contributed by atoms with Crippen molar-refractivity contribution in [2.45, 2.75) is 63.5 Å². The molecule has 4 atom stereocenters. The lowest BCUT2D eigenvalue weighted by molar-refractivity contribution is -0.140. The molecule has 2 bridgehead atoms. The Morgan fingerprint density at radius 1 is 1.21 bits per heavy atom. The molecule has 2 saturated heterocycles. The molecule has 3 fully saturated rings. The maximum absolute atomic E-state index is 13.8. The van der Waals surface area contributed by atoms with Crippen molar-refractivity contribution in [1.29, 1.82) is 0 Å². The number of carbonyl (C=O) groups is 1. The van der Waals surface area contributed by atoms with Crippen molar-refractivity contribution in [1.82, 2.24) is 0 Å². The third-order valence-electron chi connectivity index (χ3n) is 7.21. The van der Waals surface area contributed by atoms with Crippen LogP contribution in [0.15, 0.2) is 18.2 Å². The molecule has 2 aliphatic heterocycles. The predicted octanol–water partition coefficient (Wildman–Crippen LogP) is 3.77. The number of hydrogen-bond acceptors (Lipinski definition) is 7. The molecule has 11 heteroatoms. The summed E-state index contributed by atoms with van der Waals surface area (Å²) < 4.78 is 90.2. The highest BCUT2D eigenvalue weighted by Crippen LogP contribution is 2.58. The molecule has 184 valence electrons. The third-order valence-corrected chi connectivity index (χ3v) is 7.87. The van der Waals surface area contributed by atoms with Gasteiger partial charge in [0.2, 0.25) is 0 Å². The molecular formula is C22H26F3O7S-. The van der Waals surface area contributed by atoms with Crippen LogP contribution < -0.4 is 4.74 Å². The van der Waals surface area contributed by atoms with E-state index in [4.69, 9.17) is 14.2 Å². The van der Waals surface area contributed by atoms with E-state index in [0.29, 0.717) is 12.8 Å². The van der Waals surface area contributed by atoms with Gasteiger partial charge in [-0.2, -0.15) is 13.2 Å². The first-order valence-corrected chi connectivity index (χ1v) is 12.5. The number of carbonyl (C=O) groups excluding carboxylic acids is 1. The van der Waals surface area contributed by atoms with Crippen LogP contribution in [0, 0.1) is 17.8 Å². The smallest absolute Gasteiger partial charge is 0.419 e. The van der Waals surface area contributed by atoms with E-state index in [1.807, 2.05) is 13.8 Å². The van der Waals surface area contributed by atoms with E-state index in [-0.39, 0.29) is 35.5 Å². The lowest BCUT2D eigenvalue weighted by Crippen LogP contribution is -2.41. The normalized spacial score (nSPS) is 31.1. The average Bonchev–Trinajstić information content (AvgIpc) is 3.38. The summed E-state index contributed by atoms with van der Waals surface area (Å²) in [7, 11) is -4.59. The molecule has 0 aromatic heterocycles. The van der Waals surface area contributed by atoms with E-state index in [9.17, 15) is 30.9 Å². The molecular weight excluding hydrogens is 465 g/mol. The highest BCUT2D eigenvalue weighted by molar-refractivity contribution is 7.85. The van der Waals surface area contributed by atoms with Crippen LogP contribution in [0.3, 0.4) is 0 Å². The number of hydrogen-bond donors (Lipinski definition) is 0. The second kappa shape index (κ2) is 8.42. The zero-order chi connectivity index (χ0) is 24.2. The quantitative estimate of drug-likeness (QED) is 0.423. The van der Waals surface area contributed by atoms with Crippen LogP contribution in [-0.2, 0) is 25.8 Å². The molecule has 4 unspecified atom stereocenters. The van der Waals surface area contributed by atoms with Gasteiger partial charge >= 0.3 is 12.1 Å². The Balaban J connectivity index is 1.61. The highest BCUT2D eigenvalue weighted by atomic mass is 32.2. The van der Waals surface area contributed by atoms with Crippen molar-refractivity contribution in [2.24, 2.45) is 17.8 Å². The molecule has 2 heterocycles. The summed E-state index contributed by atoms with van der Waals surface area (Å²) in [6.07, 6.45) is -1.42. The monoisotopic (exact) mass is 491 g/mol. The van der Waals surface area contributed by atoms with Crippen LogP contribution in [-0.4, -0.2) is 49.1 Å². The topological polar surface area (TPSA) is 102 Å². The summed E-state index contributed by atoms with van der Waals surface area (Å²) in [6, 6.07) is 2.69. The first kappa shape index (κ1) is 24.3. The van der Waals surface area contributed by atoms with Crippen LogP contribution in [0.1, 0.15) is 55.5 Å². The molecule has 4 rings (SSSR count). The molecule has 7 nitrogen and oxygen atoms in total. The number of rotatable bonds is 7. The maximum Gasteiger partial charge on any atom is 0.419 e. The van der Waals surface area contributed by atoms with Gasteiger partial charge in [-0.1, -0.05) is 13.8 Å². The molecule has 1 aromatic rings. The zero-order valence-corrected chi connectivity index (χ0v) is 19.1. The first-order chi connectivity index (χ1) is 15.3. The van der Waals surface area contributed by atoms with Gasteiger partial charge < -0.3 is 18.8 Å². The fourth-order valence-electron chi connectivity index (χ4n) is 5.50. The van der Waals surface area contributed by atoms with Gasteiger partial charge in [0.05, 0.1) is 39.2 Å². The van der Waals surface area contributed by atoms with Gasteiger partial charge in [0.25, 0.3) is 0 Å². The Bertz CT molecular complexity index is 1000. The van der Waals surface area contributed by atoms with Crippen LogP contribution in [0.2, 0.25) is 0 Å². The molecule has 1 saturated carbocycles. The van der Waals surface area contributed by atoms with E-state index >= 15 is 0 Å². The van der Waals surface area contributed by atoms with Crippen LogP contribution in [0.25, 0.3) is 0 Å². The standard InChI is InChI=1S/C22H27F3O7S/c1-12(2)21(10-14-15(11-21)18-6-5-17(14)31-18)32-19-9-13(3-4-16(19)22(23,24)25)20(26)30-7-8-33(27,28)29/h3-4,9,12,14-15,17-18H,5-8,10-11H2,1-2H3,(H,27,28,29)/p-1. The minimum absolute atomic E-state index is 0.0820. The van der Waals surface area contributed by atoms with E-state index in [0.717, 1.165) is 31.0 Å². The van der Waals surface area contributed by atoms with Crippen LogP contribution in [0.4, 0.5) is 13.2 Å². The van der Waals surface area contributed by atoms with Crippen LogP contribution in [0.5, 0.6) is 5.75 Å². The van der Waals surface area contributed by atoms with Gasteiger partial charge in [-0.05, 0) is 61.6 Å². The van der Waals surface area contributed by atoms with Gasteiger partial charge in [-0.25, -0.2) is 13.2 Å². The fourth-order valence-corrected chi connectivity index (χ4v) is 5.78. The number of esters is 1. The van der Waals surface area contributed by atoms with E-state index < -0.39 is 51.5 Å². The van der Waals surface area contributed by atoms with Crippen molar-refractivity contribution in [2.75, 3.05) is 12.4 Å². The summed E-state index contributed by atoms with van der Waals surface area (Å²) in [5.74, 6) is -2.03. The Labute approximate surface area is 190 Å². The number of benzene rings is 1. The van der Waals surface area contributed by atoms with Crippen molar-refractivity contribution in [3.05, 3.63) is 29.3 Å². The molecule has 3 aliphatic rings. The number of ether oxygens (including phenoxy) is 3. The van der Waals surface area contributed by atoms with Gasteiger partial charge in [0, 0.05) is 0 Å². The van der Waals surface area contributed by atoms with Gasteiger partial charge in [-0.3, -0.25) is 0 Å². The molecule has 1 aliphatic carbocycles. The van der Waals surface area contributed by atoms with Crippen molar-refractivity contribution >= 4 is 16.1 Å². The molecule has 0 amide bonds. The van der Waals surface area contributed by atoms with Gasteiger partial charge in [0.15, 0.2) is 0 Å². The number of alkyl halides is 3. The molecule has 0 spiro atoms. The lowest BCUT2D eigenvalue weighted by atomic mass is 9.82. The minimum Gasteiger partial charge on any atom is -0.748 e. The predicted molar refractivity (Wildman–Crippen MR) is 109 cm³/mol. The van der Waals surface area contributed by atoms with Gasteiger partial charge in [-0.15, -0.1) is 0 Å². The van der Waals surface area contributed by atoms with Crippen LogP contribution >= 0.6 is 0 Å². The summed E-state index contributed by atoms with van der Waals surface area (Å²) in [5, 5.41) is 0. The number of fused-ring (bicyclic) bond motifs is 5. The number of halogens is 3. The maximum atomic E-state index is 13.8. The highest BCUT2D eigenvalue weighted by Gasteiger charge is 2.60.